The van der Waals surface area contributed by atoms with Crippen LogP contribution in [0.25, 0.3) is 0 Å². The largest absolute Gasteiger partial charge is 0.483 e. The van der Waals surface area contributed by atoms with E-state index in [9.17, 15) is 9.90 Å². The summed E-state index contributed by atoms with van der Waals surface area (Å²) in [5.41, 5.74) is 2.34. The summed E-state index contributed by atoms with van der Waals surface area (Å²) in [6, 6.07) is 12.4. The van der Waals surface area contributed by atoms with E-state index in [1.54, 1.807) is 18.2 Å². The lowest BCUT2D eigenvalue weighted by Gasteiger charge is -2.11. The molecule has 110 valence electrons. The van der Waals surface area contributed by atoms with Crippen molar-refractivity contribution in [1.82, 2.24) is 0 Å². The molecule has 0 aliphatic carbocycles. The van der Waals surface area contributed by atoms with Gasteiger partial charge in [-0.2, -0.15) is 0 Å². The number of aliphatic hydroxyl groups is 1. The highest BCUT2D eigenvalue weighted by atomic mass is 35.5. The van der Waals surface area contributed by atoms with E-state index in [0.717, 1.165) is 11.3 Å². The summed E-state index contributed by atoms with van der Waals surface area (Å²) in [4.78, 5) is 11.8. The molecule has 0 aromatic heterocycles. The highest BCUT2D eigenvalue weighted by Gasteiger charge is 2.07. The van der Waals surface area contributed by atoms with Crippen LogP contribution in [0.2, 0.25) is 5.02 Å². The van der Waals surface area contributed by atoms with Crippen LogP contribution in [0.3, 0.4) is 0 Å². The summed E-state index contributed by atoms with van der Waals surface area (Å²) < 4.78 is 5.42. The van der Waals surface area contributed by atoms with Crippen LogP contribution in [0.5, 0.6) is 5.75 Å². The summed E-state index contributed by atoms with van der Waals surface area (Å²) in [5, 5.41) is 12.5. The smallest absolute Gasteiger partial charge is 0.262 e. The molecular formula is C16H16ClNO3. The monoisotopic (exact) mass is 305 g/mol. The van der Waals surface area contributed by atoms with Crippen molar-refractivity contribution in [3.8, 4) is 5.75 Å². The SMILES string of the molecule is Cc1cccc(NC(=O)COc2ccc(Cl)cc2CO)c1. The van der Waals surface area contributed by atoms with Crippen LogP contribution in [-0.2, 0) is 11.4 Å². The van der Waals surface area contributed by atoms with Gasteiger partial charge in [0.25, 0.3) is 5.91 Å². The van der Waals surface area contributed by atoms with E-state index in [4.69, 9.17) is 16.3 Å². The Hall–Kier alpha value is -2.04. The van der Waals surface area contributed by atoms with Crippen LogP contribution < -0.4 is 10.1 Å². The molecule has 4 nitrogen and oxygen atoms in total. The Balaban J connectivity index is 1.95. The highest BCUT2D eigenvalue weighted by Crippen LogP contribution is 2.22. The van der Waals surface area contributed by atoms with E-state index < -0.39 is 0 Å². The topological polar surface area (TPSA) is 58.6 Å². The van der Waals surface area contributed by atoms with Gasteiger partial charge in [-0.25, -0.2) is 0 Å². The summed E-state index contributed by atoms with van der Waals surface area (Å²) in [7, 11) is 0. The molecule has 0 fully saturated rings. The number of hydrogen-bond acceptors (Lipinski definition) is 3. The molecule has 5 heteroatoms. The third-order valence-corrected chi connectivity index (χ3v) is 3.09. The van der Waals surface area contributed by atoms with Crippen LogP contribution in [0.4, 0.5) is 5.69 Å². The number of anilines is 1. The molecule has 0 atom stereocenters. The van der Waals surface area contributed by atoms with Crippen LogP contribution >= 0.6 is 11.6 Å². The molecule has 2 aromatic carbocycles. The molecule has 0 bridgehead atoms. The van der Waals surface area contributed by atoms with Gasteiger partial charge in [0.2, 0.25) is 0 Å². The van der Waals surface area contributed by atoms with Crippen LogP contribution in [0, 0.1) is 6.92 Å². The van der Waals surface area contributed by atoms with Gasteiger partial charge in [-0.05, 0) is 42.8 Å². The minimum absolute atomic E-state index is 0.136. The van der Waals surface area contributed by atoms with Crippen molar-refractivity contribution in [2.45, 2.75) is 13.5 Å². The van der Waals surface area contributed by atoms with Gasteiger partial charge in [-0.3, -0.25) is 4.79 Å². The molecule has 0 spiro atoms. The maximum absolute atomic E-state index is 11.8. The number of carbonyl (C=O) groups excluding carboxylic acids is 1. The van der Waals surface area contributed by atoms with Crippen molar-refractivity contribution in [1.29, 1.82) is 0 Å². The Morgan fingerprint density at radius 1 is 1.29 bits per heavy atom. The van der Waals surface area contributed by atoms with Crippen LogP contribution in [0.15, 0.2) is 42.5 Å². The van der Waals surface area contributed by atoms with Gasteiger partial charge in [-0.1, -0.05) is 23.7 Å². The average molecular weight is 306 g/mol. The van der Waals surface area contributed by atoms with Crippen molar-refractivity contribution < 1.29 is 14.6 Å². The number of aryl methyl sites for hydroxylation is 1. The molecule has 0 aliphatic heterocycles. The predicted molar refractivity (Wildman–Crippen MR) is 82.7 cm³/mol. The number of aliphatic hydroxyl groups excluding tert-OH is 1. The second-order valence-electron chi connectivity index (χ2n) is 4.62. The van der Waals surface area contributed by atoms with E-state index in [-0.39, 0.29) is 19.1 Å². The van der Waals surface area contributed by atoms with E-state index in [2.05, 4.69) is 5.32 Å². The number of rotatable bonds is 5. The molecule has 0 saturated heterocycles. The van der Waals surface area contributed by atoms with Crippen molar-refractivity contribution in [2.75, 3.05) is 11.9 Å². The van der Waals surface area contributed by atoms with Gasteiger partial charge in [0.1, 0.15) is 5.75 Å². The van der Waals surface area contributed by atoms with Gasteiger partial charge >= 0.3 is 0 Å². The van der Waals surface area contributed by atoms with Gasteiger partial charge in [0.05, 0.1) is 6.61 Å². The van der Waals surface area contributed by atoms with Gasteiger partial charge in [0.15, 0.2) is 6.61 Å². The number of nitrogens with one attached hydrogen (secondary N) is 1. The van der Waals surface area contributed by atoms with E-state index in [1.807, 2.05) is 31.2 Å². The van der Waals surface area contributed by atoms with Crippen molar-refractivity contribution in [2.24, 2.45) is 0 Å². The summed E-state index contributed by atoms with van der Waals surface area (Å²) >= 11 is 5.83. The molecule has 0 aliphatic rings. The molecule has 2 aromatic rings. The second kappa shape index (κ2) is 7.11. The highest BCUT2D eigenvalue weighted by molar-refractivity contribution is 6.30. The molecular weight excluding hydrogens is 290 g/mol. The zero-order valence-corrected chi connectivity index (χ0v) is 12.4. The van der Waals surface area contributed by atoms with Crippen LogP contribution in [-0.4, -0.2) is 17.6 Å². The summed E-state index contributed by atoms with van der Waals surface area (Å²) in [6.07, 6.45) is 0. The number of amides is 1. The first kappa shape index (κ1) is 15.4. The van der Waals surface area contributed by atoms with Gasteiger partial charge < -0.3 is 15.2 Å². The fraction of sp³-hybridized carbons (Fsp3) is 0.188. The Labute approximate surface area is 128 Å². The first-order chi connectivity index (χ1) is 10.1. The molecule has 0 heterocycles. The number of ether oxygens (including phenoxy) is 1. The molecule has 2 N–H and O–H groups in total. The molecule has 0 saturated carbocycles. The first-order valence-electron chi connectivity index (χ1n) is 6.47. The number of halogens is 1. The number of benzene rings is 2. The summed E-state index contributed by atoms with van der Waals surface area (Å²) in [5.74, 6) is 0.181. The average Bonchev–Trinajstić information content (AvgIpc) is 2.45. The zero-order chi connectivity index (χ0) is 15.2. The Bertz CT molecular complexity index is 643. The predicted octanol–water partition coefficient (Wildman–Crippen LogP) is 3.16. The second-order valence-corrected chi connectivity index (χ2v) is 5.05. The van der Waals surface area contributed by atoms with Crippen molar-refractivity contribution in [3.63, 3.8) is 0 Å². The minimum Gasteiger partial charge on any atom is -0.483 e. The normalized spacial score (nSPS) is 10.2. The molecule has 0 unspecified atom stereocenters. The third-order valence-electron chi connectivity index (χ3n) is 2.85. The Morgan fingerprint density at radius 2 is 2.10 bits per heavy atom. The molecule has 2 rings (SSSR count). The molecule has 1 amide bonds. The lowest BCUT2D eigenvalue weighted by atomic mass is 10.2. The van der Waals surface area contributed by atoms with E-state index >= 15 is 0 Å². The standard InChI is InChI=1S/C16H16ClNO3/c1-11-3-2-4-14(7-11)18-16(20)10-21-15-6-5-13(17)8-12(15)9-19/h2-8,19H,9-10H2,1H3,(H,18,20). The van der Waals surface area contributed by atoms with Crippen molar-refractivity contribution >= 4 is 23.2 Å². The maximum atomic E-state index is 11.8. The number of hydrogen-bond donors (Lipinski definition) is 2. The fourth-order valence-corrected chi connectivity index (χ4v) is 2.07. The zero-order valence-electron chi connectivity index (χ0n) is 11.6. The van der Waals surface area contributed by atoms with Crippen molar-refractivity contribution in [3.05, 3.63) is 58.6 Å². The minimum atomic E-state index is -0.264. The van der Waals surface area contributed by atoms with E-state index in [1.165, 1.54) is 0 Å². The van der Waals surface area contributed by atoms with Gasteiger partial charge in [-0.15, -0.1) is 0 Å². The maximum Gasteiger partial charge on any atom is 0.262 e. The van der Waals surface area contributed by atoms with Gasteiger partial charge in [0, 0.05) is 16.3 Å². The quantitative estimate of drug-likeness (QED) is 0.892. The molecule has 21 heavy (non-hydrogen) atoms. The van der Waals surface area contributed by atoms with Crippen LogP contribution in [0.1, 0.15) is 11.1 Å². The van der Waals surface area contributed by atoms with E-state index in [0.29, 0.717) is 16.3 Å². The molecule has 0 radical (unpaired) electrons. The summed E-state index contributed by atoms with van der Waals surface area (Å²) in [6.45, 7) is 1.62. The lowest BCUT2D eigenvalue weighted by molar-refractivity contribution is -0.118. The fourth-order valence-electron chi connectivity index (χ4n) is 1.88. The third kappa shape index (κ3) is 4.48. The first-order valence-corrected chi connectivity index (χ1v) is 6.85. The Kier molecular flexibility index (Phi) is 5.20. The lowest BCUT2D eigenvalue weighted by Crippen LogP contribution is -2.20. The Morgan fingerprint density at radius 3 is 2.81 bits per heavy atom. The number of carbonyl (C=O) groups is 1.